The zero-order chi connectivity index (χ0) is 16.5. The lowest BCUT2D eigenvalue weighted by molar-refractivity contribution is 0.797. The predicted octanol–water partition coefficient (Wildman–Crippen LogP) is 2.94. The maximum Gasteiger partial charge on any atom is 0.143 e. The van der Waals surface area contributed by atoms with Gasteiger partial charge in [0.05, 0.1) is 11.7 Å². The summed E-state index contributed by atoms with van der Waals surface area (Å²) in [5.74, 6) is 0.916. The maximum absolute atomic E-state index is 4.36. The van der Waals surface area contributed by atoms with E-state index in [2.05, 4.69) is 54.8 Å². The highest BCUT2D eigenvalue weighted by atomic mass is 15.1. The van der Waals surface area contributed by atoms with Crippen molar-refractivity contribution >= 4 is 16.9 Å². The summed E-state index contributed by atoms with van der Waals surface area (Å²) in [5.41, 5.74) is 4.27. The van der Waals surface area contributed by atoms with Gasteiger partial charge < -0.3 is 14.5 Å². The highest BCUT2D eigenvalue weighted by Gasteiger charge is 2.10. The Kier molecular flexibility index (Phi) is 3.49. The molecule has 0 saturated carbocycles. The summed E-state index contributed by atoms with van der Waals surface area (Å²) < 4.78 is 2.05. The van der Waals surface area contributed by atoms with Crippen LogP contribution < -0.4 is 4.90 Å². The van der Waals surface area contributed by atoms with Gasteiger partial charge in [0.15, 0.2) is 0 Å². The van der Waals surface area contributed by atoms with Crippen molar-refractivity contribution < 1.29 is 0 Å². The van der Waals surface area contributed by atoms with Crippen LogP contribution in [0.3, 0.4) is 0 Å². The lowest BCUT2D eigenvalue weighted by Crippen LogP contribution is -2.10. The van der Waals surface area contributed by atoms with E-state index in [0.29, 0.717) is 0 Å². The number of benzene rings is 1. The molecule has 0 radical (unpaired) electrons. The number of H-pyrrole nitrogens is 1. The zero-order valence-electron chi connectivity index (χ0n) is 13.6. The highest BCUT2D eigenvalue weighted by Crippen LogP contribution is 2.27. The smallest absolute Gasteiger partial charge is 0.143 e. The fraction of sp³-hybridized carbons (Fsp3) is 0.167. The third-order valence-electron chi connectivity index (χ3n) is 4.02. The van der Waals surface area contributed by atoms with Crippen LogP contribution in [0.2, 0.25) is 0 Å². The van der Waals surface area contributed by atoms with Gasteiger partial charge in [0, 0.05) is 38.7 Å². The van der Waals surface area contributed by atoms with Crippen molar-refractivity contribution in [3.63, 3.8) is 0 Å². The van der Waals surface area contributed by atoms with Crippen molar-refractivity contribution in [3.05, 3.63) is 60.9 Å². The molecule has 0 bridgehead atoms. The fourth-order valence-electron chi connectivity index (χ4n) is 2.82. The van der Waals surface area contributed by atoms with E-state index >= 15 is 0 Å². The summed E-state index contributed by atoms with van der Waals surface area (Å²) in [7, 11) is 3.97. The van der Waals surface area contributed by atoms with Gasteiger partial charge in [0.2, 0.25) is 0 Å². The standard InChI is InChI=1S/C18H18N6/c1-23(2)18-15-9-16(22-17(15)20-11-21-18)14-5-3-13(4-6-14)10-24-8-7-19-12-24/h3-9,11-12H,10H2,1-2H3,(H,20,21,22). The quantitative estimate of drug-likeness (QED) is 0.628. The van der Waals surface area contributed by atoms with Gasteiger partial charge in [0.1, 0.15) is 17.8 Å². The van der Waals surface area contributed by atoms with Gasteiger partial charge in [-0.25, -0.2) is 15.0 Å². The molecule has 0 atom stereocenters. The van der Waals surface area contributed by atoms with E-state index in [1.807, 2.05) is 31.5 Å². The summed E-state index contributed by atoms with van der Waals surface area (Å²) in [6.07, 6.45) is 7.18. The number of nitrogens with zero attached hydrogens (tertiary/aromatic N) is 5. The van der Waals surface area contributed by atoms with Crippen molar-refractivity contribution in [2.24, 2.45) is 0 Å². The monoisotopic (exact) mass is 318 g/mol. The molecule has 0 aliphatic rings. The molecule has 3 heterocycles. The normalized spacial score (nSPS) is 11.1. The minimum absolute atomic E-state index is 0.823. The van der Waals surface area contributed by atoms with Crippen LogP contribution in [0.1, 0.15) is 5.56 Å². The van der Waals surface area contributed by atoms with E-state index in [1.54, 1.807) is 12.5 Å². The number of nitrogens with one attached hydrogen (secondary N) is 1. The summed E-state index contributed by atoms with van der Waals surface area (Å²) in [6.45, 7) is 0.823. The number of rotatable bonds is 4. The second-order valence-corrected chi connectivity index (χ2v) is 5.97. The van der Waals surface area contributed by atoms with E-state index in [9.17, 15) is 0 Å². The van der Waals surface area contributed by atoms with Crippen LogP contribution in [0.15, 0.2) is 55.4 Å². The Morgan fingerprint density at radius 2 is 1.96 bits per heavy atom. The topological polar surface area (TPSA) is 62.6 Å². The molecule has 3 aromatic heterocycles. The van der Waals surface area contributed by atoms with Gasteiger partial charge in [-0.05, 0) is 17.2 Å². The van der Waals surface area contributed by atoms with Gasteiger partial charge in [-0.2, -0.15) is 0 Å². The lowest BCUT2D eigenvalue weighted by Gasteiger charge is -2.10. The van der Waals surface area contributed by atoms with Crippen LogP contribution in [0, 0.1) is 0 Å². The van der Waals surface area contributed by atoms with Gasteiger partial charge in [-0.3, -0.25) is 0 Å². The number of imidazole rings is 1. The minimum atomic E-state index is 0.823. The Morgan fingerprint density at radius 3 is 2.67 bits per heavy atom. The second-order valence-electron chi connectivity index (χ2n) is 5.97. The first kappa shape index (κ1) is 14.4. The summed E-state index contributed by atoms with van der Waals surface area (Å²) in [4.78, 5) is 18.1. The zero-order valence-corrected chi connectivity index (χ0v) is 13.6. The third kappa shape index (κ3) is 2.62. The highest BCUT2D eigenvalue weighted by molar-refractivity contribution is 5.91. The molecule has 0 spiro atoms. The van der Waals surface area contributed by atoms with Crippen LogP contribution in [-0.4, -0.2) is 38.6 Å². The molecule has 0 aliphatic heterocycles. The van der Waals surface area contributed by atoms with Gasteiger partial charge in [0.25, 0.3) is 0 Å². The van der Waals surface area contributed by atoms with Crippen LogP contribution in [0.5, 0.6) is 0 Å². The Labute approximate surface area is 139 Å². The van der Waals surface area contributed by atoms with Crippen LogP contribution >= 0.6 is 0 Å². The number of fused-ring (bicyclic) bond motifs is 1. The van der Waals surface area contributed by atoms with E-state index in [1.165, 1.54) is 5.56 Å². The first-order valence-corrected chi connectivity index (χ1v) is 7.77. The van der Waals surface area contributed by atoms with Crippen LogP contribution in [0.25, 0.3) is 22.3 Å². The molecule has 0 amide bonds. The Morgan fingerprint density at radius 1 is 1.12 bits per heavy atom. The Balaban J connectivity index is 1.66. The lowest BCUT2D eigenvalue weighted by atomic mass is 10.1. The Bertz CT molecular complexity index is 951. The first-order valence-electron chi connectivity index (χ1n) is 7.77. The van der Waals surface area contributed by atoms with Gasteiger partial charge in [-0.1, -0.05) is 24.3 Å². The largest absolute Gasteiger partial charge is 0.362 e. The van der Waals surface area contributed by atoms with Crippen molar-refractivity contribution in [2.45, 2.75) is 6.54 Å². The maximum atomic E-state index is 4.36. The molecule has 0 unspecified atom stereocenters. The SMILES string of the molecule is CN(C)c1ncnc2[nH]c(-c3ccc(Cn4ccnc4)cc3)cc12. The van der Waals surface area contributed by atoms with Crippen molar-refractivity contribution in [3.8, 4) is 11.3 Å². The van der Waals surface area contributed by atoms with Crippen LogP contribution in [0.4, 0.5) is 5.82 Å². The van der Waals surface area contributed by atoms with E-state index < -0.39 is 0 Å². The molecule has 24 heavy (non-hydrogen) atoms. The van der Waals surface area contributed by atoms with Crippen molar-refractivity contribution in [2.75, 3.05) is 19.0 Å². The molecule has 4 aromatic rings. The average Bonchev–Trinajstić information content (AvgIpc) is 3.24. The molecule has 1 N–H and O–H groups in total. The van der Waals surface area contributed by atoms with Crippen molar-refractivity contribution in [1.82, 2.24) is 24.5 Å². The van der Waals surface area contributed by atoms with Gasteiger partial charge >= 0.3 is 0 Å². The van der Waals surface area contributed by atoms with E-state index in [-0.39, 0.29) is 0 Å². The Hall–Kier alpha value is -3.15. The number of anilines is 1. The molecule has 1 aromatic carbocycles. The molecule has 6 heteroatoms. The van der Waals surface area contributed by atoms with E-state index in [0.717, 1.165) is 34.7 Å². The van der Waals surface area contributed by atoms with Crippen molar-refractivity contribution in [1.29, 1.82) is 0 Å². The number of hydrogen-bond acceptors (Lipinski definition) is 4. The van der Waals surface area contributed by atoms with Crippen LogP contribution in [-0.2, 0) is 6.54 Å². The summed E-state index contributed by atoms with van der Waals surface area (Å²) in [5, 5.41) is 1.03. The predicted molar refractivity (Wildman–Crippen MR) is 95.0 cm³/mol. The van der Waals surface area contributed by atoms with Gasteiger partial charge in [-0.15, -0.1) is 0 Å². The first-order chi connectivity index (χ1) is 11.7. The van der Waals surface area contributed by atoms with E-state index in [4.69, 9.17) is 0 Å². The average molecular weight is 318 g/mol. The number of aromatic nitrogens is 5. The molecule has 0 aliphatic carbocycles. The number of hydrogen-bond donors (Lipinski definition) is 1. The summed E-state index contributed by atoms with van der Waals surface area (Å²) in [6, 6.07) is 10.6. The molecular weight excluding hydrogens is 300 g/mol. The molecule has 6 nitrogen and oxygen atoms in total. The molecule has 0 fully saturated rings. The molecule has 4 rings (SSSR count). The number of aromatic amines is 1. The molecule has 0 saturated heterocycles. The third-order valence-corrected chi connectivity index (χ3v) is 4.02. The molecular formula is C18H18N6. The fourth-order valence-corrected chi connectivity index (χ4v) is 2.82. The second kappa shape index (κ2) is 5.81. The molecule has 120 valence electrons. The minimum Gasteiger partial charge on any atom is -0.362 e. The summed E-state index contributed by atoms with van der Waals surface area (Å²) >= 11 is 0.